The van der Waals surface area contributed by atoms with Crippen LogP contribution < -0.4 is 11.5 Å². The van der Waals surface area contributed by atoms with Crippen LogP contribution in [0, 0.1) is 0 Å². The number of aliphatic hydroxyl groups is 3. The van der Waals surface area contributed by atoms with Crippen molar-refractivity contribution < 1.29 is 24.9 Å². The Morgan fingerprint density at radius 2 is 2.09 bits per heavy atom. The number of aromatic nitrogens is 4. The Kier molecular flexibility index (Phi) is 3.41. The van der Waals surface area contributed by atoms with Crippen LogP contribution in [0.5, 0.6) is 0 Å². The third-order valence-electron chi connectivity index (χ3n) is 3.46. The Hall–Kier alpha value is -2.34. The van der Waals surface area contributed by atoms with E-state index in [9.17, 15) is 15.0 Å². The van der Waals surface area contributed by atoms with Gasteiger partial charge in [-0.1, -0.05) is 0 Å². The van der Waals surface area contributed by atoms with Gasteiger partial charge in [0.15, 0.2) is 17.7 Å². The third-order valence-corrected chi connectivity index (χ3v) is 3.46. The summed E-state index contributed by atoms with van der Waals surface area (Å²) in [6, 6.07) is 0. The molecule has 118 valence electrons. The maximum Gasteiger partial charge on any atom is 0.286 e. The highest BCUT2D eigenvalue weighted by Crippen LogP contribution is 2.31. The number of imidazole rings is 1. The van der Waals surface area contributed by atoms with Gasteiger partial charge in [0.1, 0.15) is 23.8 Å². The van der Waals surface area contributed by atoms with Crippen molar-refractivity contribution in [3.05, 3.63) is 12.2 Å². The minimum Gasteiger partial charge on any atom is -0.394 e. The number of fused-ring (bicyclic) bond motifs is 1. The molecule has 0 saturated carbocycles. The second-order valence-electron chi connectivity index (χ2n) is 4.85. The smallest absolute Gasteiger partial charge is 0.286 e. The Morgan fingerprint density at radius 1 is 1.36 bits per heavy atom. The van der Waals surface area contributed by atoms with E-state index in [4.69, 9.17) is 21.3 Å². The lowest BCUT2D eigenvalue weighted by molar-refractivity contribution is -0.0511. The monoisotopic (exact) mass is 310 g/mol. The first-order valence-corrected chi connectivity index (χ1v) is 6.36. The normalized spacial score (nSPS) is 28.3. The van der Waals surface area contributed by atoms with Gasteiger partial charge in [-0.05, 0) is 0 Å². The Bertz CT molecular complexity index is 733. The quantitative estimate of drug-likeness (QED) is 0.397. The molecular weight excluding hydrogens is 296 g/mol. The van der Waals surface area contributed by atoms with Gasteiger partial charge in [0.05, 0.1) is 12.9 Å². The molecule has 7 N–H and O–H groups in total. The van der Waals surface area contributed by atoms with E-state index in [1.165, 1.54) is 10.9 Å². The first-order valence-electron chi connectivity index (χ1n) is 6.36. The number of anilines is 1. The zero-order valence-electron chi connectivity index (χ0n) is 11.2. The molecular formula is C11H14N6O5. The molecule has 1 aliphatic heterocycles. The van der Waals surface area contributed by atoms with Crippen molar-refractivity contribution in [1.82, 2.24) is 19.5 Å². The number of carbonyl (C=O) groups excluding carboxylic acids is 1. The molecule has 1 amide bonds. The van der Waals surface area contributed by atoms with Gasteiger partial charge >= 0.3 is 0 Å². The van der Waals surface area contributed by atoms with E-state index in [1.54, 1.807) is 0 Å². The van der Waals surface area contributed by atoms with E-state index in [0.717, 1.165) is 0 Å². The lowest BCUT2D eigenvalue weighted by atomic mass is 10.1. The molecule has 0 spiro atoms. The van der Waals surface area contributed by atoms with Gasteiger partial charge in [0.2, 0.25) is 5.82 Å². The van der Waals surface area contributed by atoms with E-state index in [0.29, 0.717) is 0 Å². The molecule has 2 aromatic heterocycles. The number of amides is 1. The molecule has 1 aliphatic rings. The fourth-order valence-electron chi connectivity index (χ4n) is 2.34. The van der Waals surface area contributed by atoms with Crippen molar-refractivity contribution in [2.75, 3.05) is 12.3 Å². The second kappa shape index (κ2) is 5.14. The lowest BCUT2D eigenvalue weighted by Gasteiger charge is -2.16. The molecule has 4 atom stereocenters. The zero-order valence-corrected chi connectivity index (χ0v) is 11.2. The fraction of sp³-hybridized carbons (Fsp3) is 0.455. The van der Waals surface area contributed by atoms with Crippen LogP contribution in [0.1, 0.15) is 16.8 Å². The van der Waals surface area contributed by atoms with E-state index in [-0.39, 0.29) is 22.8 Å². The first-order chi connectivity index (χ1) is 10.4. The number of hydrogen-bond acceptors (Lipinski definition) is 9. The van der Waals surface area contributed by atoms with E-state index >= 15 is 0 Å². The van der Waals surface area contributed by atoms with Crippen molar-refractivity contribution in [1.29, 1.82) is 0 Å². The molecule has 3 rings (SSSR count). The summed E-state index contributed by atoms with van der Waals surface area (Å²) in [5, 5.41) is 28.9. The fourth-order valence-corrected chi connectivity index (χ4v) is 2.34. The molecule has 1 saturated heterocycles. The van der Waals surface area contributed by atoms with Crippen LogP contribution >= 0.6 is 0 Å². The molecule has 0 aromatic carbocycles. The number of nitrogen functional groups attached to an aromatic ring is 1. The number of nitrogens with zero attached hydrogens (tertiary/aromatic N) is 4. The summed E-state index contributed by atoms with van der Waals surface area (Å²) >= 11 is 0. The number of carbonyl (C=O) groups is 1. The van der Waals surface area contributed by atoms with Gasteiger partial charge in [-0.3, -0.25) is 9.36 Å². The summed E-state index contributed by atoms with van der Waals surface area (Å²) in [7, 11) is 0. The van der Waals surface area contributed by atoms with Gasteiger partial charge < -0.3 is 31.5 Å². The maximum absolute atomic E-state index is 11.2. The van der Waals surface area contributed by atoms with Crippen molar-refractivity contribution in [2.45, 2.75) is 24.5 Å². The molecule has 0 bridgehead atoms. The summed E-state index contributed by atoms with van der Waals surface area (Å²) in [6.07, 6.45) is -3.31. The van der Waals surface area contributed by atoms with Gasteiger partial charge in [-0.25, -0.2) is 15.0 Å². The number of primary amides is 1. The molecule has 22 heavy (non-hydrogen) atoms. The topological polar surface area (TPSA) is 183 Å². The second-order valence-corrected chi connectivity index (χ2v) is 4.85. The van der Waals surface area contributed by atoms with E-state index in [1.807, 2.05) is 0 Å². The molecule has 0 aliphatic carbocycles. The van der Waals surface area contributed by atoms with Crippen LogP contribution in [0.3, 0.4) is 0 Å². The van der Waals surface area contributed by atoms with Crippen molar-refractivity contribution >= 4 is 22.9 Å². The van der Waals surface area contributed by atoms with Crippen LogP contribution in [-0.2, 0) is 4.74 Å². The number of aliphatic hydroxyl groups excluding tert-OH is 3. The summed E-state index contributed by atoms with van der Waals surface area (Å²) in [4.78, 5) is 22.9. The zero-order chi connectivity index (χ0) is 16.0. The predicted octanol–water partition coefficient (Wildman–Crippen LogP) is -2.88. The average molecular weight is 310 g/mol. The van der Waals surface area contributed by atoms with Crippen LogP contribution in [-0.4, -0.2) is 65.7 Å². The van der Waals surface area contributed by atoms with Crippen molar-refractivity contribution in [3.63, 3.8) is 0 Å². The Morgan fingerprint density at radius 3 is 2.68 bits per heavy atom. The summed E-state index contributed by atoms with van der Waals surface area (Å²) in [6.45, 7) is -0.467. The summed E-state index contributed by atoms with van der Waals surface area (Å²) in [5.41, 5.74) is 11.1. The first kappa shape index (κ1) is 14.6. The summed E-state index contributed by atoms with van der Waals surface area (Å²) < 4.78 is 6.68. The average Bonchev–Trinajstić information content (AvgIpc) is 3.02. The molecule has 11 nitrogen and oxygen atoms in total. The molecule has 2 aromatic rings. The van der Waals surface area contributed by atoms with Crippen molar-refractivity contribution in [2.24, 2.45) is 5.73 Å². The van der Waals surface area contributed by atoms with Gasteiger partial charge in [-0.15, -0.1) is 0 Å². The molecule has 3 heterocycles. The van der Waals surface area contributed by atoms with Crippen LogP contribution in [0.4, 0.5) is 5.82 Å². The maximum atomic E-state index is 11.2. The minimum atomic E-state index is -1.32. The number of ether oxygens (including phenoxy) is 1. The van der Waals surface area contributed by atoms with E-state index in [2.05, 4.69) is 15.0 Å². The third kappa shape index (κ3) is 2.07. The number of nitrogens with two attached hydrogens (primary N) is 2. The van der Waals surface area contributed by atoms with Gasteiger partial charge in [0.25, 0.3) is 5.91 Å². The summed E-state index contributed by atoms with van der Waals surface area (Å²) in [5.74, 6) is -1.23. The van der Waals surface area contributed by atoms with E-state index < -0.39 is 37.1 Å². The predicted molar refractivity (Wildman–Crippen MR) is 71.3 cm³/mol. The molecule has 11 heteroatoms. The number of hydrogen-bond donors (Lipinski definition) is 5. The SMILES string of the molecule is NC(=O)c1nc(N)c2ncn([C@@H]3O[C@H](CO)[C@@H](O)[C@H]3O)c2n1. The molecule has 0 unspecified atom stereocenters. The van der Waals surface area contributed by atoms with Gasteiger partial charge in [-0.2, -0.15) is 0 Å². The Balaban J connectivity index is 2.10. The van der Waals surface area contributed by atoms with Crippen LogP contribution in [0.15, 0.2) is 6.33 Å². The standard InChI is InChI=1S/C11H14N6O5/c12-7-4-10(16-9(15-7)8(13)21)17(2-14-4)11-6(20)5(19)3(1-18)22-11/h2-3,5-6,11,18-20H,1H2,(H2,13,21)(H2,12,15,16)/t3-,5-,6-,11-/m1/s1. The van der Waals surface area contributed by atoms with Crippen LogP contribution in [0.2, 0.25) is 0 Å². The highest BCUT2D eigenvalue weighted by Gasteiger charge is 2.44. The highest BCUT2D eigenvalue weighted by atomic mass is 16.6. The number of rotatable bonds is 3. The van der Waals surface area contributed by atoms with Crippen molar-refractivity contribution in [3.8, 4) is 0 Å². The lowest BCUT2D eigenvalue weighted by Crippen LogP contribution is -2.33. The largest absolute Gasteiger partial charge is 0.394 e. The molecule has 1 fully saturated rings. The Labute approximate surface area is 123 Å². The minimum absolute atomic E-state index is 0.0516. The van der Waals surface area contributed by atoms with Crippen LogP contribution in [0.25, 0.3) is 11.2 Å². The molecule has 0 radical (unpaired) electrons. The van der Waals surface area contributed by atoms with Gasteiger partial charge in [0, 0.05) is 0 Å². The highest BCUT2D eigenvalue weighted by molar-refractivity contribution is 5.92.